The molecule has 0 unspecified atom stereocenters. The van der Waals surface area contributed by atoms with Gasteiger partial charge in [0.2, 0.25) is 0 Å². The maximum Gasteiger partial charge on any atom is 0.142 e. The van der Waals surface area contributed by atoms with E-state index in [-0.39, 0.29) is 0 Å². The first-order valence-electron chi connectivity index (χ1n) is 5.12. The van der Waals surface area contributed by atoms with Crippen molar-refractivity contribution in [3.8, 4) is 0 Å². The number of unbranched alkanes of at least 4 members (excludes halogenated alkanes) is 1. The number of hydrogen-bond acceptors (Lipinski definition) is 1. The highest BCUT2D eigenvalue weighted by Gasteiger charge is 1.94. The van der Waals surface area contributed by atoms with Crippen molar-refractivity contribution in [2.24, 2.45) is 5.92 Å². The van der Waals surface area contributed by atoms with Gasteiger partial charge in [0.25, 0.3) is 0 Å². The molecule has 13 heavy (non-hydrogen) atoms. The summed E-state index contributed by atoms with van der Waals surface area (Å²) in [5, 5.41) is 0. The quantitative estimate of drug-likeness (QED) is 0.253. The molecule has 0 saturated heterocycles. The molecule has 0 saturated carbocycles. The highest BCUT2D eigenvalue weighted by atomic mass is 16.1. The second-order valence-corrected chi connectivity index (χ2v) is 3.15. The summed E-state index contributed by atoms with van der Waals surface area (Å²) in [6.45, 7) is 4.43. The molecule has 0 bridgehead atoms. The molecule has 0 N–H and O–H groups in total. The van der Waals surface area contributed by atoms with Crippen LogP contribution in [-0.4, -0.2) is 6.29 Å². The number of carbonyl (C=O) groups excluding carboxylic acids is 1. The minimum atomic E-state index is 0.732. The Kier molecular flexibility index (Phi) is 8.64. The molecule has 74 valence electrons. The Morgan fingerprint density at radius 1 is 1.08 bits per heavy atom. The smallest absolute Gasteiger partial charge is 0.142 e. The second-order valence-electron chi connectivity index (χ2n) is 3.15. The molecule has 0 aromatic heterocycles. The first kappa shape index (κ1) is 12.2. The fourth-order valence-corrected chi connectivity index (χ4v) is 1.19. The molecule has 1 nitrogen and oxygen atoms in total. The number of hydrogen-bond donors (Lipinski definition) is 0. The van der Waals surface area contributed by atoms with Crippen molar-refractivity contribution in [2.45, 2.75) is 39.5 Å². The van der Waals surface area contributed by atoms with Gasteiger partial charge in [-0.05, 0) is 37.7 Å². The molecule has 0 heterocycles. The minimum Gasteiger partial charge on any atom is -0.299 e. The summed E-state index contributed by atoms with van der Waals surface area (Å²) in [6.07, 6.45) is 13.2. The summed E-state index contributed by atoms with van der Waals surface area (Å²) in [5.74, 6) is 0.732. The summed E-state index contributed by atoms with van der Waals surface area (Å²) in [4.78, 5) is 9.93. The lowest BCUT2D eigenvalue weighted by molar-refractivity contribution is -0.104. The Hall–Kier alpha value is -0.850. The average molecular weight is 180 g/mol. The first-order valence-corrected chi connectivity index (χ1v) is 5.12. The topological polar surface area (TPSA) is 17.1 Å². The first-order chi connectivity index (χ1) is 6.35. The van der Waals surface area contributed by atoms with Crippen molar-refractivity contribution in [1.29, 1.82) is 0 Å². The molecule has 0 atom stereocenters. The van der Waals surface area contributed by atoms with Gasteiger partial charge >= 0.3 is 0 Å². The van der Waals surface area contributed by atoms with E-state index in [4.69, 9.17) is 0 Å². The number of carbonyl (C=O) groups is 1. The molecule has 0 aliphatic heterocycles. The summed E-state index contributed by atoms with van der Waals surface area (Å²) in [5.41, 5.74) is 0. The van der Waals surface area contributed by atoms with Crippen LogP contribution in [0, 0.1) is 5.92 Å². The Morgan fingerprint density at radius 3 is 2.23 bits per heavy atom. The van der Waals surface area contributed by atoms with Gasteiger partial charge in [0, 0.05) is 0 Å². The molecule has 0 spiro atoms. The lowest BCUT2D eigenvalue weighted by Gasteiger charge is -2.03. The lowest BCUT2D eigenvalue weighted by Crippen LogP contribution is -1.89. The molecular formula is C12H20O. The lowest BCUT2D eigenvalue weighted by atomic mass is 10.0. The molecule has 0 aromatic carbocycles. The Morgan fingerprint density at radius 2 is 1.69 bits per heavy atom. The Bertz CT molecular complexity index is 164. The van der Waals surface area contributed by atoms with Crippen LogP contribution in [-0.2, 0) is 4.79 Å². The average Bonchev–Trinajstić information content (AvgIpc) is 2.17. The molecule has 1 heteroatoms. The number of rotatable bonds is 7. The fraction of sp³-hybridized carbons (Fsp3) is 0.583. The van der Waals surface area contributed by atoms with Crippen molar-refractivity contribution in [3.63, 3.8) is 0 Å². The van der Waals surface area contributed by atoms with Crippen molar-refractivity contribution in [3.05, 3.63) is 24.3 Å². The van der Waals surface area contributed by atoms with Crippen LogP contribution >= 0.6 is 0 Å². The van der Waals surface area contributed by atoms with Gasteiger partial charge in [-0.15, -0.1) is 0 Å². The molecule has 0 rings (SSSR count). The zero-order valence-electron chi connectivity index (χ0n) is 8.70. The SMILES string of the molecule is CCC(/C=C\CC/C=C\C=O)CC. The van der Waals surface area contributed by atoms with E-state index in [9.17, 15) is 4.79 Å². The van der Waals surface area contributed by atoms with Crippen LogP contribution in [0.2, 0.25) is 0 Å². The summed E-state index contributed by atoms with van der Waals surface area (Å²) in [7, 11) is 0. The van der Waals surface area contributed by atoms with E-state index in [0.717, 1.165) is 25.0 Å². The normalized spacial score (nSPS) is 11.9. The van der Waals surface area contributed by atoms with E-state index in [1.54, 1.807) is 6.08 Å². The van der Waals surface area contributed by atoms with Gasteiger partial charge in [-0.3, -0.25) is 4.79 Å². The van der Waals surface area contributed by atoms with Gasteiger partial charge in [-0.25, -0.2) is 0 Å². The van der Waals surface area contributed by atoms with Crippen LogP contribution in [0.5, 0.6) is 0 Å². The van der Waals surface area contributed by atoms with Gasteiger partial charge in [0.15, 0.2) is 0 Å². The van der Waals surface area contributed by atoms with Crippen LogP contribution in [0.15, 0.2) is 24.3 Å². The van der Waals surface area contributed by atoms with Crippen LogP contribution in [0.4, 0.5) is 0 Å². The van der Waals surface area contributed by atoms with Crippen LogP contribution in [0.1, 0.15) is 39.5 Å². The summed E-state index contributed by atoms with van der Waals surface area (Å²) in [6, 6.07) is 0. The van der Waals surface area contributed by atoms with Crippen molar-refractivity contribution >= 4 is 6.29 Å². The molecule has 0 aliphatic rings. The number of aldehydes is 1. The minimum absolute atomic E-state index is 0.732. The third kappa shape index (κ3) is 7.51. The van der Waals surface area contributed by atoms with Crippen molar-refractivity contribution in [1.82, 2.24) is 0 Å². The molecule has 0 aromatic rings. The Balaban J connectivity index is 3.49. The fourth-order valence-electron chi connectivity index (χ4n) is 1.19. The zero-order valence-corrected chi connectivity index (χ0v) is 8.70. The van der Waals surface area contributed by atoms with Crippen molar-refractivity contribution < 1.29 is 4.79 Å². The standard InChI is InChI=1S/C12H20O/c1-3-12(4-2)10-8-6-5-7-9-11-13/h7-12H,3-6H2,1-2H3/b9-7-,10-8-. The maximum absolute atomic E-state index is 9.93. The maximum atomic E-state index is 9.93. The van der Waals surface area contributed by atoms with Crippen LogP contribution in [0.3, 0.4) is 0 Å². The van der Waals surface area contributed by atoms with E-state index in [2.05, 4.69) is 26.0 Å². The number of allylic oxidation sites excluding steroid dienone is 4. The summed E-state index contributed by atoms with van der Waals surface area (Å²) < 4.78 is 0. The molecule has 0 fully saturated rings. The molecule has 0 aliphatic carbocycles. The van der Waals surface area contributed by atoms with Crippen molar-refractivity contribution in [2.75, 3.05) is 0 Å². The second kappa shape index (κ2) is 9.24. The van der Waals surface area contributed by atoms with E-state index in [1.165, 1.54) is 12.8 Å². The van der Waals surface area contributed by atoms with Gasteiger partial charge < -0.3 is 0 Å². The van der Waals surface area contributed by atoms with Gasteiger partial charge in [0.05, 0.1) is 0 Å². The third-order valence-corrected chi connectivity index (χ3v) is 2.17. The molecule has 0 amide bonds. The Labute approximate surface area is 81.5 Å². The van der Waals surface area contributed by atoms with E-state index >= 15 is 0 Å². The highest BCUT2D eigenvalue weighted by Crippen LogP contribution is 2.09. The van der Waals surface area contributed by atoms with Gasteiger partial charge in [-0.2, -0.15) is 0 Å². The third-order valence-electron chi connectivity index (χ3n) is 2.17. The van der Waals surface area contributed by atoms with Gasteiger partial charge in [0.1, 0.15) is 6.29 Å². The van der Waals surface area contributed by atoms with E-state index < -0.39 is 0 Å². The van der Waals surface area contributed by atoms with E-state index in [0.29, 0.717) is 0 Å². The van der Waals surface area contributed by atoms with Crippen LogP contribution < -0.4 is 0 Å². The van der Waals surface area contributed by atoms with E-state index in [1.807, 2.05) is 6.08 Å². The largest absolute Gasteiger partial charge is 0.299 e. The molecular weight excluding hydrogens is 160 g/mol. The molecule has 0 radical (unpaired) electrons. The van der Waals surface area contributed by atoms with Gasteiger partial charge in [-0.1, -0.05) is 32.1 Å². The summed E-state index contributed by atoms with van der Waals surface area (Å²) >= 11 is 0. The highest BCUT2D eigenvalue weighted by molar-refractivity contribution is 5.64. The van der Waals surface area contributed by atoms with Crippen LogP contribution in [0.25, 0.3) is 0 Å². The monoisotopic (exact) mass is 180 g/mol. The zero-order chi connectivity index (χ0) is 9.94. The predicted molar refractivity (Wildman–Crippen MR) is 57.7 cm³/mol. The predicted octanol–water partition coefficient (Wildman–Crippen LogP) is 3.51.